The van der Waals surface area contributed by atoms with Gasteiger partial charge >= 0.3 is 5.97 Å². The third-order valence-electron chi connectivity index (χ3n) is 4.82. The van der Waals surface area contributed by atoms with Gasteiger partial charge in [0.25, 0.3) is 0 Å². The van der Waals surface area contributed by atoms with E-state index in [4.69, 9.17) is 14.2 Å². The van der Waals surface area contributed by atoms with E-state index < -0.39 is 0 Å². The van der Waals surface area contributed by atoms with Crippen molar-refractivity contribution in [1.82, 2.24) is 4.90 Å². The summed E-state index contributed by atoms with van der Waals surface area (Å²) in [6.45, 7) is 6.53. The number of ether oxygens (including phenoxy) is 3. The number of likely N-dealkylation sites (tertiary alicyclic amines) is 1. The van der Waals surface area contributed by atoms with Crippen LogP contribution in [0.1, 0.15) is 42.1 Å². The zero-order valence-corrected chi connectivity index (χ0v) is 16.6. The van der Waals surface area contributed by atoms with Crippen molar-refractivity contribution >= 4 is 5.97 Å². The average Bonchev–Trinajstić information content (AvgIpc) is 2.74. The van der Waals surface area contributed by atoms with Crippen LogP contribution in [0.25, 0.3) is 0 Å². The lowest BCUT2D eigenvalue weighted by molar-refractivity contribution is 0.0452. The molecule has 1 fully saturated rings. The van der Waals surface area contributed by atoms with E-state index in [0.29, 0.717) is 25.4 Å². The van der Waals surface area contributed by atoms with Crippen LogP contribution in [0.15, 0.2) is 48.5 Å². The van der Waals surface area contributed by atoms with E-state index >= 15 is 0 Å². The van der Waals surface area contributed by atoms with Crippen LogP contribution >= 0.6 is 0 Å². The molecule has 0 saturated carbocycles. The van der Waals surface area contributed by atoms with E-state index in [0.717, 1.165) is 36.7 Å². The maximum atomic E-state index is 12.2. The number of hydrogen-bond donors (Lipinski definition) is 0. The van der Waals surface area contributed by atoms with Crippen molar-refractivity contribution in [2.24, 2.45) is 0 Å². The van der Waals surface area contributed by atoms with Crippen molar-refractivity contribution in [3.63, 3.8) is 0 Å². The van der Waals surface area contributed by atoms with Crippen LogP contribution in [0.4, 0.5) is 0 Å². The fraction of sp³-hybridized carbons (Fsp3) is 0.435. The molecule has 3 rings (SSSR count). The van der Waals surface area contributed by atoms with E-state index in [1.54, 1.807) is 12.1 Å². The zero-order chi connectivity index (χ0) is 19.6. The molecule has 0 amide bonds. The molecule has 28 heavy (non-hydrogen) atoms. The summed E-state index contributed by atoms with van der Waals surface area (Å²) in [5, 5.41) is 0. The van der Waals surface area contributed by atoms with Crippen LogP contribution in [0.5, 0.6) is 11.5 Å². The number of hydrogen-bond acceptors (Lipinski definition) is 5. The SMILES string of the molecule is CCOc1ccc(OCc2ccc(C(=O)OCCN3CCCCC3)cc2)cc1. The minimum Gasteiger partial charge on any atom is -0.494 e. The van der Waals surface area contributed by atoms with E-state index in [1.165, 1.54) is 19.3 Å². The van der Waals surface area contributed by atoms with Gasteiger partial charge in [-0.05, 0) is 74.8 Å². The predicted octanol–water partition coefficient (Wildman–Crippen LogP) is 4.31. The second-order valence-electron chi connectivity index (χ2n) is 6.93. The first-order valence-corrected chi connectivity index (χ1v) is 10.1. The van der Waals surface area contributed by atoms with Crippen molar-refractivity contribution in [2.45, 2.75) is 32.8 Å². The maximum absolute atomic E-state index is 12.2. The van der Waals surface area contributed by atoms with Crippen LogP contribution in [-0.4, -0.2) is 43.7 Å². The first-order valence-electron chi connectivity index (χ1n) is 10.1. The highest BCUT2D eigenvalue weighted by molar-refractivity contribution is 5.89. The highest BCUT2D eigenvalue weighted by atomic mass is 16.5. The van der Waals surface area contributed by atoms with Gasteiger partial charge in [-0.1, -0.05) is 18.6 Å². The molecule has 1 aliphatic heterocycles. The van der Waals surface area contributed by atoms with Crippen molar-refractivity contribution in [1.29, 1.82) is 0 Å². The molecule has 0 spiro atoms. The lowest BCUT2D eigenvalue weighted by atomic mass is 10.1. The molecule has 0 aromatic heterocycles. The molecular weight excluding hydrogens is 354 g/mol. The molecule has 150 valence electrons. The topological polar surface area (TPSA) is 48.0 Å². The van der Waals surface area contributed by atoms with Crippen LogP contribution in [0.3, 0.4) is 0 Å². The Balaban J connectivity index is 1.41. The highest BCUT2D eigenvalue weighted by Gasteiger charge is 2.12. The molecule has 2 aromatic carbocycles. The fourth-order valence-corrected chi connectivity index (χ4v) is 3.24. The molecule has 0 radical (unpaired) electrons. The summed E-state index contributed by atoms with van der Waals surface area (Å²) < 4.78 is 16.6. The standard InChI is InChI=1S/C23H29NO4/c1-2-26-21-10-12-22(13-11-21)28-18-19-6-8-20(9-7-19)23(25)27-17-16-24-14-4-3-5-15-24/h6-13H,2-5,14-18H2,1H3. The van der Waals surface area contributed by atoms with E-state index in [-0.39, 0.29) is 5.97 Å². The first-order chi connectivity index (χ1) is 13.7. The van der Waals surface area contributed by atoms with Crippen LogP contribution in [0, 0.1) is 0 Å². The van der Waals surface area contributed by atoms with Gasteiger partial charge in [0.15, 0.2) is 0 Å². The van der Waals surface area contributed by atoms with Crippen molar-refractivity contribution in [3.8, 4) is 11.5 Å². The molecule has 1 heterocycles. The van der Waals surface area contributed by atoms with Gasteiger partial charge < -0.3 is 14.2 Å². The second kappa shape index (κ2) is 10.7. The molecular formula is C23H29NO4. The lowest BCUT2D eigenvalue weighted by Gasteiger charge is -2.25. The van der Waals surface area contributed by atoms with Gasteiger partial charge in [-0.25, -0.2) is 4.79 Å². The van der Waals surface area contributed by atoms with E-state index in [9.17, 15) is 4.79 Å². The summed E-state index contributed by atoms with van der Waals surface area (Å²) in [6.07, 6.45) is 3.80. The number of esters is 1. The van der Waals surface area contributed by atoms with Gasteiger partial charge in [0, 0.05) is 6.54 Å². The Bertz CT molecular complexity index is 721. The molecule has 5 heteroatoms. The Morgan fingerprint density at radius 3 is 2.18 bits per heavy atom. The Morgan fingerprint density at radius 2 is 1.54 bits per heavy atom. The van der Waals surface area contributed by atoms with Crippen molar-refractivity contribution in [3.05, 3.63) is 59.7 Å². The number of benzene rings is 2. The zero-order valence-electron chi connectivity index (χ0n) is 16.6. The molecule has 2 aromatic rings. The van der Waals surface area contributed by atoms with Crippen molar-refractivity contribution < 1.29 is 19.0 Å². The monoisotopic (exact) mass is 383 g/mol. The highest BCUT2D eigenvalue weighted by Crippen LogP contribution is 2.19. The summed E-state index contributed by atoms with van der Waals surface area (Å²) in [5.74, 6) is 1.35. The second-order valence-corrected chi connectivity index (χ2v) is 6.93. The third-order valence-corrected chi connectivity index (χ3v) is 4.82. The number of rotatable bonds is 9. The third kappa shape index (κ3) is 6.27. The van der Waals surface area contributed by atoms with Crippen LogP contribution < -0.4 is 9.47 Å². The molecule has 0 bridgehead atoms. The molecule has 1 aliphatic rings. The largest absolute Gasteiger partial charge is 0.494 e. The molecule has 0 atom stereocenters. The van der Waals surface area contributed by atoms with E-state index in [1.807, 2.05) is 43.3 Å². The predicted molar refractivity (Wildman–Crippen MR) is 109 cm³/mol. The van der Waals surface area contributed by atoms with Crippen LogP contribution in [-0.2, 0) is 11.3 Å². The number of piperidine rings is 1. The fourth-order valence-electron chi connectivity index (χ4n) is 3.24. The summed E-state index contributed by atoms with van der Waals surface area (Å²) >= 11 is 0. The summed E-state index contributed by atoms with van der Waals surface area (Å²) in [5.41, 5.74) is 1.57. The summed E-state index contributed by atoms with van der Waals surface area (Å²) in [4.78, 5) is 14.5. The van der Waals surface area contributed by atoms with Gasteiger partial charge in [-0.2, -0.15) is 0 Å². The van der Waals surface area contributed by atoms with Gasteiger partial charge in [-0.3, -0.25) is 4.90 Å². The minimum absolute atomic E-state index is 0.268. The molecule has 5 nitrogen and oxygen atoms in total. The lowest BCUT2D eigenvalue weighted by Crippen LogP contribution is -2.33. The van der Waals surface area contributed by atoms with Crippen molar-refractivity contribution in [2.75, 3.05) is 32.8 Å². The minimum atomic E-state index is -0.268. The van der Waals surface area contributed by atoms with Gasteiger partial charge in [0.1, 0.15) is 24.7 Å². The summed E-state index contributed by atoms with van der Waals surface area (Å²) in [7, 11) is 0. The summed E-state index contributed by atoms with van der Waals surface area (Å²) in [6, 6.07) is 14.9. The Hall–Kier alpha value is -2.53. The van der Waals surface area contributed by atoms with Crippen LogP contribution in [0.2, 0.25) is 0 Å². The normalized spacial score (nSPS) is 14.5. The Morgan fingerprint density at radius 1 is 0.893 bits per heavy atom. The molecule has 0 aliphatic carbocycles. The quantitative estimate of drug-likeness (QED) is 0.604. The Kier molecular flexibility index (Phi) is 7.73. The molecule has 0 unspecified atom stereocenters. The maximum Gasteiger partial charge on any atom is 0.338 e. The number of carbonyl (C=O) groups is 1. The smallest absolute Gasteiger partial charge is 0.338 e. The Labute approximate surface area is 167 Å². The van der Waals surface area contributed by atoms with Gasteiger partial charge in [0.05, 0.1) is 12.2 Å². The van der Waals surface area contributed by atoms with Gasteiger partial charge in [-0.15, -0.1) is 0 Å². The van der Waals surface area contributed by atoms with Gasteiger partial charge in [0.2, 0.25) is 0 Å². The number of nitrogens with zero attached hydrogens (tertiary/aromatic N) is 1. The number of carbonyl (C=O) groups excluding carboxylic acids is 1. The first kappa shape index (κ1) is 20.2. The molecule has 0 N–H and O–H groups in total. The van der Waals surface area contributed by atoms with E-state index in [2.05, 4.69) is 4.90 Å². The average molecular weight is 383 g/mol. The molecule has 1 saturated heterocycles.